The van der Waals surface area contributed by atoms with Gasteiger partial charge in [-0.25, -0.2) is 4.39 Å². The van der Waals surface area contributed by atoms with E-state index in [0.717, 1.165) is 12.2 Å². The van der Waals surface area contributed by atoms with E-state index in [1.54, 1.807) is 0 Å². The summed E-state index contributed by atoms with van der Waals surface area (Å²) in [5.41, 5.74) is 0. The van der Waals surface area contributed by atoms with Gasteiger partial charge in [0.05, 0.1) is 0 Å². The van der Waals surface area contributed by atoms with Crippen molar-refractivity contribution in [1.29, 1.82) is 0 Å². The van der Waals surface area contributed by atoms with Gasteiger partial charge in [0.15, 0.2) is 6.17 Å². The molecule has 0 aliphatic carbocycles. The van der Waals surface area contributed by atoms with Crippen molar-refractivity contribution in [3.05, 3.63) is 12.2 Å². The van der Waals surface area contributed by atoms with Gasteiger partial charge in [-0.1, -0.05) is 0 Å². The summed E-state index contributed by atoms with van der Waals surface area (Å²) in [6.45, 7) is -0.818. The molecule has 162 valence electrons. The molecule has 1 unspecified atom stereocenters. The summed E-state index contributed by atoms with van der Waals surface area (Å²) in [5.74, 6) is -31.3. The third-order valence-electron chi connectivity index (χ3n) is 3.70. The van der Waals surface area contributed by atoms with E-state index in [2.05, 4.69) is 0 Å². The highest BCUT2D eigenvalue weighted by atomic mass is 19.4. The molecule has 0 aromatic heterocycles. The predicted molar refractivity (Wildman–Crippen MR) is 65.8 cm³/mol. The molecule has 3 nitrogen and oxygen atoms in total. The van der Waals surface area contributed by atoms with Crippen molar-refractivity contribution in [3.8, 4) is 0 Å². The van der Waals surface area contributed by atoms with Gasteiger partial charge >= 0.3 is 29.9 Å². The SMILES string of the molecule is O=C1C=CC(=O)N1CCCC(F)C(F)(F)C(F)(F)C(F)(F)C(F)(F)C(F)(F)F. The highest BCUT2D eigenvalue weighted by molar-refractivity contribution is 6.12. The summed E-state index contributed by atoms with van der Waals surface area (Å²) in [6.07, 6.45) is -12.9. The highest BCUT2D eigenvalue weighted by Crippen LogP contribution is 2.58. The fraction of sp³-hybridized carbons (Fsp3) is 0.692. The van der Waals surface area contributed by atoms with Crippen molar-refractivity contribution in [2.75, 3.05) is 6.54 Å². The first-order valence-corrected chi connectivity index (χ1v) is 7.08. The summed E-state index contributed by atoms with van der Waals surface area (Å²) in [7, 11) is 0. The Morgan fingerprint density at radius 3 is 1.57 bits per heavy atom. The second kappa shape index (κ2) is 7.13. The van der Waals surface area contributed by atoms with Crippen LogP contribution in [-0.2, 0) is 9.59 Å². The lowest BCUT2D eigenvalue weighted by Gasteiger charge is -2.38. The zero-order chi connectivity index (χ0) is 22.3. The van der Waals surface area contributed by atoms with Crippen LogP contribution < -0.4 is 0 Å². The number of nitrogens with zero attached hydrogens (tertiary/aromatic N) is 1. The van der Waals surface area contributed by atoms with Crippen molar-refractivity contribution in [2.24, 2.45) is 0 Å². The molecule has 0 aromatic carbocycles. The number of imide groups is 1. The van der Waals surface area contributed by atoms with Crippen LogP contribution in [0.4, 0.5) is 52.7 Å². The molecule has 0 fully saturated rings. The molecular formula is C13H9F12NO2. The molecule has 1 aliphatic heterocycles. The van der Waals surface area contributed by atoms with Gasteiger partial charge in [0.25, 0.3) is 11.8 Å². The van der Waals surface area contributed by atoms with Crippen LogP contribution in [0.2, 0.25) is 0 Å². The predicted octanol–water partition coefficient (Wildman–Crippen LogP) is 4.13. The molecule has 28 heavy (non-hydrogen) atoms. The van der Waals surface area contributed by atoms with Crippen LogP contribution in [0, 0.1) is 0 Å². The Balaban J connectivity index is 2.95. The number of carbonyl (C=O) groups excluding carboxylic acids is 2. The molecule has 0 N–H and O–H groups in total. The number of hydrogen-bond acceptors (Lipinski definition) is 2. The van der Waals surface area contributed by atoms with E-state index in [0.29, 0.717) is 4.90 Å². The molecule has 1 atom stereocenters. The Bertz CT molecular complexity index is 636. The van der Waals surface area contributed by atoms with Crippen LogP contribution in [0.5, 0.6) is 0 Å². The van der Waals surface area contributed by atoms with Gasteiger partial charge in [-0.2, -0.15) is 48.3 Å². The molecule has 15 heteroatoms. The van der Waals surface area contributed by atoms with Gasteiger partial charge in [0.2, 0.25) is 0 Å². The van der Waals surface area contributed by atoms with E-state index in [9.17, 15) is 62.3 Å². The third-order valence-corrected chi connectivity index (χ3v) is 3.70. The van der Waals surface area contributed by atoms with Crippen molar-refractivity contribution in [1.82, 2.24) is 4.90 Å². The molecule has 0 saturated heterocycles. The summed E-state index contributed by atoms with van der Waals surface area (Å²) in [6, 6.07) is 0. The summed E-state index contributed by atoms with van der Waals surface area (Å²) >= 11 is 0. The number of carbonyl (C=O) groups is 2. The Morgan fingerprint density at radius 2 is 1.18 bits per heavy atom. The average Bonchev–Trinajstić information content (AvgIpc) is 2.84. The standard InChI is InChI=1S/C13H9F12NO2/c14-6(2-1-5-26-7(27)3-4-8(26)28)9(15,16)10(17,18)11(19,20)12(21,22)13(23,24)25/h3-4,6H,1-2,5H2. The monoisotopic (exact) mass is 439 g/mol. The first-order chi connectivity index (χ1) is 12.3. The van der Waals surface area contributed by atoms with E-state index >= 15 is 0 Å². The van der Waals surface area contributed by atoms with E-state index in [1.807, 2.05) is 0 Å². The number of rotatable bonds is 8. The zero-order valence-corrected chi connectivity index (χ0v) is 13.2. The van der Waals surface area contributed by atoms with Crippen LogP contribution in [0.1, 0.15) is 12.8 Å². The fourth-order valence-corrected chi connectivity index (χ4v) is 2.04. The largest absolute Gasteiger partial charge is 0.460 e. The first kappa shape index (κ1) is 24.1. The lowest BCUT2D eigenvalue weighted by atomic mass is 9.93. The van der Waals surface area contributed by atoms with Gasteiger partial charge in [0.1, 0.15) is 0 Å². The molecule has 1 rings (SSSR count). The lowest BCUT2D eigenvalue weighted by molar-refractivity contribution is -0.426. The van der Waals surface area contributed by atoms with E-state index in [1.165, 1.54) is 0 Å². The van der Waals surface area contributed by atoms with Crippen molar-refractivity contribution < 1.29 is 62.3 Å². The van der Waals surface area contributed by atoms with Crippen LogP contribution in [0.15, 0.2) is 12.2 Å². The molecule has 1 heterocycles. The van der Waals surface area contributed by atoms with Crippen LogP contribution in [0.25, 0.3) is 0 Å². The molecule has 1 aliphatic rings. The van der Waals surface area contributed by atoms with E-state index in [-0.39, 0.29) is 0 Å². The van der Waals surface area contributed by atoms with Gasteiger partial charge in [-0.15, -0.1) is 0 Å². The minimum Gasteiger partial charge on any atom is -0.275 e. The van der Waals surface area contributed by atoms with E-state index < -0.39 is 67.2 Å². The number of hydrogen-bond donors (Lipinski definition) is 0. The smallest absolute Gasteiger partial charge is 0.275 e. The Morgan fingerprint density at radius 1 is 0.750 bits per heavy atom. The van der Waals surface area contributed by atoms with Gasteiger partial charge in [0, 0.05) is 18.7 Å². The zero-order valence-electron chi connectivity index (χ0n) is 13.2. The third kappa shape index (κ3) is 3.66. The van der Waals surface area contributed by atoms with Crippen LogP contribution in [0.3, 0.4) is 0 Å². The quantitative estimate of drug-likeness (QED) is 0.422. The summed E-state index contributed by atoms with van der Waals surface area (Å²) in [4.78, 5) is 22.6. The summed E-state index contributed by atoms with van der Waals surface area (Å²) < 4.78 is 154. The molecular weight excluding hydrogens is 430 g/mol. The topological polar surface area (TPSA) is 37.4 Å². The molecule has 0 radical (unpaired) electrons. The Labute approximate surface area is 147 Å². The maximum Gasteiger partial charge on any atom is 0.460 e. The maximum absolute atomic E-state index is 13.5. The lowest BCUT2D eigenvalue weighted by Crippen LogP contribution is -2.68. The second-order valence-electron chi connectivity index (χ2n) is 5.62. The molecule has 0 aromatic rings. The minimum absolute atomic E-state index is 0.343. The van der Waals surface area contributed by atoms with Crippen molar-refractivity contribution >= 4 is 11.8 Å². The second-order valence-corrected chi connectivity index (χ2v) is 5.62. The van der Waals surface area contributed by atoms with E-state index in [4.69, 9.17) is 0 Å². The number of halogens is 12. The van der Waals surface area contributed by atoms with Gasteiger partial charge < -0.3 is 0 Å². The first-order valence-electron chi connectivity index (χ1n) is 7.08. The van der Waals surface area contributed by atoms with Gasteiger partial charge in [-0.05, 0) is 12.8 Å². The maximum atomic E-state index is 13.5. The van der Waals surface area contributed by atoms with Crippen molar-refractivity contribution in [3.63, 3.8) is 0 Å². The van der Waals surface area contributed by atoms with Crippen LogP contribution >= 0.6 is 0 Å². The minimum atomic E-state index is -7.68. The number of alkyl halides is 12. The van der Waals surface area contributed by atoms with Crippen molar-refractivity contribution in [2.45, 2.75) is 48.9 Å². The fourth-order valence-electron chi connectivity index (χ4n) is 2.04. The van der Waals surface area contributed by atoms with Crippen LogP contribution in [-0.4, -0.2) is 59.3 Å². The molecule has 0 saturated carbocycles. The number of amides is 2. The Kier molecular flexibility index (Phi) is 6.13. The normalized spacial score (nSPS) is 18.2. The van der Waals surface area contributed by atoms with Gasteiger partial charge in [-0.3, -0.25) is 14.5 Å². The summed E-state index contributed by atoms with van der Waals surface area (Å²) in [5, 5.41) is 0. The molecule has 2 amide bonds. The molecule has 0 spiro atoms. The Hall–Kier alpha value is -1.96. The average molecular weight is 439 g/mol. The highest BCUT2D eigenvalue weighted by Gasteiger charge is 2.88. The molecule has 0 bridgehead atoms.